The van der Waals surface area contributed by atoms with Gasteiger partial charge in [-0.3, -0.25) is 4.90 Å². The highest BCUT2D eigenvalue weighted by Gasteiger charge is 2.27. The lowest BCUT2D eigenvalue weighted by Gasteiger charge is -2.21. The molecule has 1 aromatic heterocycles. The first-order valence-electron chi connectivity index (χ1n) is 7.94. The third-order valence-corrected chi connectivity index (χ3v) is 7.00. The summed E-state index contributed by atoms with van der Waals surface area (Å²) in [5.74, 6) is 0.464. The van der Waals surface area contributed by atoms with Crippen LogP contribution < -0.4 is 4.74 Å². The number of nitrogens with zero attached hydrogens (tertiary/aromatic N) is 3. The van der Waals surface area contributed by atoms with E-state index in [0.29, 0.717) is 30.4 Å². The summed E-state index contributed by atoms with van der Waals surface area (Å²) in [6, 6.07) is 4.58. The molecule has 1 aromatic carbocycles. The van der Waals surface area contributed by atoms with E-state index in [0.717, 1.165) is 25.2 Å². The molecule has 2 aromatic rings. The molecule has 1 saturated heterocycles. The number of thiazole rings is 1. The molecule has 0 N–H and O–H groups in total. The first-order chi connectivity index (χ1) is 12.0. The molecule has 6 nitrogen and oxygen atoms in total. The van der Waals surface area contributed by atoms with Gasteiger partial charge in [-0.15, -0.1) is 11.3 Å². The van der Waals surface area contributed by atoms with Crippen molar-refractivity contribution in [1.29, 1.82) is 0 Å². The Labute approximate surface area is 157 Å². The molecular weight excluding hydrogens is 382 g/mol. The molecule has 2 heterocycles. The predicted octanol–water partition coefficient (Wildman–Crippen LogP) is 2.70. The molecule has 0 aliphatic carbocycles. The van der Waals surface area contributed by atoms with Crippen molar-refractivity contribution in [2.24, 2.45) is 0 Å². The summed E-state index contributed by atoms with van der Waals surface area (Å²) in [5.41, 5.74) is 2.85. The summed E-state index contributed by atoms with van der Waals surface area (Å²) in [6.45, 7) is 3.25. The monoisotopic (exact) mass is 401 g/mol. The topological polar surface area (TPSA) is 62.7 Å². The molecule has 0 unspecified atom stereocenters. The second-order valence-electron chi connectivity index (χ2n) is 5.81. The zero-order valence-electron chi connectivity index (χ0n) is 13.9. The second kappa shape index (κ2) is 8.01. The Morgan fingerprint density at radius 2 is 2.12 bits per heavy atom. The van der Waals surface area contributed by atoms with E-state index in [1.165, 1.54) is 23.5 Å². The number of sulfonamides is 1. The van der Waals surface area contributed by atoms with Gasteiger partial charge in [0.05, 0.1) is 28.2 Å². The van der Waals surface area contributed by atoms with Crippen LogP contribution in [0.15, 0.2) is 34.0 Å². The van der Waals surface area contributed by atoms with Crippen LogP contribution in [0.4, 0.5) is 0 Å². The minimum absolute atomic E-state index is 0.200. The SMILES string of the molecule is COc1ccc(S(=O)(=O)N2CCCN(Cc3cscn3)CC2)cc1Cl. The number of hydrogen-bond donors (Lipinski definition) is 0. The van der Waals surface area contributed by atoms with Gasteiger partial charge >= 0.3 is 0 Å². The van der Waals surface area contributed by atoms with Crippen molar-refractivity contribution < 1.29 is 13.2 Å². The van der Waals surface area contributed by atoms with E-state index in [9.17, 15) is 8.42 Å². The van der Waals surface area contributed by atoms with Crippen LogP contribution in [-0.2, 0) is 16.6 Å². The summed E-state index contributed by atoms with van der Waals surface area (Å²) in [5, 5.41) is 2.32. The average molecular weight is 402 g/mol. The number of benzene rings is 1. The van der Waals surface area contributed by atoms with Gasteiger partial charge in [0.2, 0.25) is 10.0 Å². The average Bonchev–Trinajstić information content (AvgIpc) is 2.98. The van der Waals surface area contributed by atoms with Crippen molar-refractivity contribution in [3.8, 4) is 5.75 Å². The van der Waals surface area contributed by atoms with E-state index in [1.807, 2.05) is 10.9 Å². The van der Waals surface area contributed by atoms with Crippen LogP contribution in [0.5, 0.6) is 5.75 Å². The third-order valence-electron chi connectivity index (χ3n) is 4.18. The molecule has 1 aliphatic heterocycles. The fourth-order valence-corrected chi connectivity index (χ4v) is 5.22. The fraction of sp³-hybridized carbons (Fsp3) is 0.438. The summed E-state index contributed by atoms with van der Waals surface area (Å²) in [6.07, 6.45) is 0.785. The lowest BCUT2D eigenvalue weighted by molar-refractivity contribution is 0.276. The molecule has 0 spiro atoms. The van der Waals surface area contributed by atoms with E-state index in [-0.39, 0.29) is 4.90 Å². The quantitative estimate of drug-likeness (QED) is 0.770. The summed E-state index contributed by atoms with van der Waals surface area (Å²) in [4.78, 5) is 6.74. The fourth-order valence-electron chi connectivity index (χ4n) is 2.85. The third kappa shape index (κ3) is 4.32. The van der Waals surface area contributed by atoms with Crippen LogP contribution >= 0.6 is 22.9 Å². The van der Waals surface area contributed by atoms with Crippen molar-refractivity contribution in [3.05, 3.63) is 39.8 Å². The van der Waals surface area contributed by atoms with Crippen LogP contribution in [-0.4, -0.2) is 55.9 Å². The van der Waals surface area contributed by atoms with Gasteiger partial charge in [0.1, 0.15) is 5.75 Å². The Bertz CT molecular complexity index is 812. The van der Waals surface area contributed by atoms with Crippen molar-refractivity contribution >= 4 is 33.0 Å². The maximum Gasteiger partial charge on any atom is 0.243 e. The number of aromatic nitrogens is 1. The largest absolute Gasteiger partial charge is 0.495 e. The molecule has 1 aliphatic rings. The maximum atomic E-state index is 12.9. The highest BCUT2D eigenvalue weighted by Crippen LogP contribution is 2.28. The number of halogens is 1. The number of methoxy groups -OCH3 is 1. The summed E-state index contributed by atoms with van der Waals surface area (Å²) >= 11 is 7.66. The molecule has 0 bridgehead atoms. The maximum absolute atomic E-state index is 12.9. The van der Waals surface area contributed by atoms with Gasteiger partial charge in [0.15, 0.2) is 0 Å². The highest BCUT2D eigenvalue weighted by atomic mass is 35.5. The first kappa shape index (κ1) is 18.6. The van der Waals surface area contributed by atoms with E-state index in [2.05, 4.69) is 9.88 Å². The number of ether oxygens (including phenoxy) is 1. The Morgan fingerprint density at radius 1 is 1.28 bits per heavy atom. The molecule has 0 radical (unpaired) electrons. The van der Waals surface area contributed by atoms with E-state index in [1.54, 1.807) is 17.4 Å². The highest BCUT2D eigenvalue weighted by molar-refractivity contribution is 7.89. The molecule has 25 heavy (non-hydrogen) atoms. The number of rotatable bonds is 5. The van der Waals surface area contributed by atoms with Crippen LogP contribution in [0.3, 0.4) is 0 Å². The first-order valence-corrected chi connectivity index (χ1v) is 10.7. The van der Waals surface area contributed by atoms with Gasteiger partial charge in [0.25, 0.3) is 0 Å². The standard InChI is InChI=1S/C16H20ClN3O3S2/c1-23-16-4-3-14(9-15(16)17)25(21,22)20-6-2-5-19(7-8-20)10-13-11-24-12-18-13/h3-4,9,11-12H,2,5-8,10H2,1H3. The van der Waals surface area contributed by atoms with Crippen LogP contribution in [0.1, 0.15) is 12.1 Å². The lowest BCUT2D eigenvalue weighted by Crippen LogP contribution is -2.35. The van der Waals surface area contributed by atoms with Gasteiger partial charge in [-0.2, -0.15) is 4.31 Å². The molecule has 1 fully saturated rings. The van der Waals surface area contributed by atoms with Crippen molar-refractivity contribution in [3.63, 3.8) is 0 Å². The minimum atomic E-state index is -3.57. The lowest BCUT2D eigenvalue weighted by atomic mass is 10.3. The van der Waals surface area contributed by atoms with E-state index in [4.69, 9.17) is 16.3 Å². The van der Waals surface area contributed by atoms with Gasteiger partial charge < -0.3 is 4.74 Å². The number of hydrogen-bond acceptors (Lipinski definition) is 6. The Kier molecular flexibility index (Phi) is 5.96. The molecule has 0 saturated carbocycles. The van der Waals surface area contributed by atoms with E-state index < -0.39 is 10.0 Å². The van der Waals surface area contributed by atoms with Crippen molar-refractivity contribution in [2.75, 3.05) is 33.3 Å². The molecule has 9 heteroatoms. The van der Waals surface area contributed by atoms with Crippen LogP contribution in [0, 0.1) is 0 Å². The van der Waals surface area contributed by atoms with Crippen molar-refractivity contribution in [2.45, 2.75) is 17.9 Å². The zero-order chi connectivity index (χ0) is 17.9. The molecule has 0 amide bonds. The van der Waals surface area contributed by atoms with Gasteiger partial charge in [-0.05, 0) is 31.2 Å². The molecule has 136 valence electrons. The molecule has 0 atom stereocenters. The van der Waals surface area contributed by atoms with Crippen molar-refractivity contribution in [1.82, 2.24) is 14.2 Å². The smallest absolute Gasteiger partial charge is 0.243 e. The van der Waals surface area contributed by atoms with Gasteiger partial charge in [-0.1, -0.05) is 11.6 Å². The van der Waals surface area contributed by atoms with Crippen LogP contribution in [0.2, 0.25) is 5.02 Å². The molecule has 3 rings (SSSR count). The minimum Gasteiger partial charge on any atom is -0.495 e. The zero-order valence-corrected chi connectivity index (χ0v) is 16.3. The second-order valence-corrected chi connectivity index (χ2v) is 8.87. The van der Waals surface area contributed by atoms with Crippen LogP contribution in [0.25, 0.3) is 0 Å². The normalized spacial score (nSPS) is 17.4. The summed E-state index contributed by atoms with van der Waals surface area (Å²) in [7, 11) is -2.06. The Hall–Kier alpha value is -1.19. The Morgan fingerprint density at radius 3 is 2.80 bits per heavy atom. The van der Waals surface area contributed by atoms with Gasteiger partial charge in [-0.25, -0.2) is 13.4 Å². The predicted molar refractivity (Wildman–Crippen MR) is 98.8 cm³/mol. The summed E-state index contributed by atoms with van der Waals surface area (Å²) < 4.78 is 32.4. The Balaban J connectivity index is 1.71. The molecular formula is C16H20ClN3O3S2. The van der Waals surface area contributed by atoms with E-state index >= 15 is 0 Å². The van der Waals surface area contributed by atoms with Gasteiger partial charge in [0, 0.05) is 31.6 Å².